The summed E-state index contributed by atoms with van der Waals surface area (Å²) >= 11 is 0. The van der Waals surface area contributed by atoms with Crippen LogP contribution in [-0.2, 0) is 20.7 Å². The second-order valence-electron chi connectivity index (χ2n) is 9.14. The number of carbonyl (C=O) groups is 2. The van der Waals surface area contributed by atoms with Gasteiger partial charge in [-0.3, -0.25) is 9.59 Å². The third-order valence-electron chi connectivity index (χ3n) is 7.54. The molecule has 1 amide bonds. The van der Waals surface area contributed by atoms with Crippen molar-refractivity contribution in [2.75, 3.05) is 19.7 Å². The SMILES string of the molecule is CCOC(=O)C1(CCCc2ccccc2)CCN(C(=O)C2CC23CCC3)CC1. The quantitative estimate of drug-likeness (QED) is 0.657. The monoisotopic (exact) mass is 383 g/mol. The van der Waals surface area contributed by atoms with E-state index in [0.717, 1.165) is 38.5 Å². The van der Waals surface area contributed by atoms with Crippen LogP contribution in [-0.4, -0.2) is 36.5 Å². The molecule has 4 nitrogen and oxygen atoms in total. The summed E-state index contributed by atoms with van der Waals surface area (Å²) in [5.74, 6) is 0.563. The van der Waals surface area contributed by atoms with Crippen molar-refractivity contribution < 1.29 is 14.3 Å². The first-order valence-corrected chi connectivity index (χ1v) is 11.1. The van der Waals surface area contributed by atoms with E-state index in [1.54, 1.807) is 0 Å². The predicted octanol–water partition coefficient (Wildman–Crippen LogP) is 4.37. The van der Waals surface area contributed by atoms with Gasteiger partial charge in [-0.05, 0) is 69.3 Å². The molecule has 0 radical (unpaired) electrons. The summed E-state index contributed by atoms with van der Waals surface area (Å²) in [6, 6.07) is 10.4. The van der Waals surface area contributed by atoms with Gasteiger partial charge in [-0.15, -0.1) is 0 Å². The minimum atomic E-state index is -0.417. The van der Waals surface area contributed by atoms with Crippen molar-refractivity contribution >= 4 is 11.9 Å². The maximum absolute atomic E-state index is 12.9. The van der Waals surface area contributed by atoms with Crippen LogP contribution < -0.4 is 0 Å². The molecule has 0 N–H and O–H groups in total. The number of aryl methyl sites for hydroxylation is 1. The predicted molar refractivity (Wildman–Crippen MR) is 109 cm³/mol. The molecule has 2 aliphatic carbocycles. The first kappa shape index (κ1) is 19.5. The molecule has 1 aromatic carbocycles. The van der Waals surface area contributed by atoms with E-state index in [0.29, 0.717) is 31.0 Å². The Morgan fingerprint density at radius 1 is 1.11 bits per heavy atom. The number of rotatable bonds is 7. The van der Waals surface area contributed by atoms with Crippen LogP contribution in [0.3, 0.4) is 0 Å². The van der Waals surface area contributed by atoms with Crippen molar-refractivity contribution in [2.45, 2.75) is 64.7 Å². The molecule has 1 heterocycles. The molecule has 1 spiro atoms. The summed E-state index contributed by atoms with van der Waals surface area (Å²) in [4.78, 5) is 27.7. The number of hydrogen-bond donors (Lipinski definition) is 0. The van der Waals surface area contributed by atoms with Gasteiger partial charge >= 0.3 is 5.97 Å². The van der Waals surface area contributed by atoms with Crippen LogP contribution in [0.4, 0.5) is 0 Å². The van der Waals surface area contributed by atoms with Gasteiger partial charge in [-0.25, -0.2) is 0 Å². The van der Waals surface area contributed by atoms with Gasteiger partial charge in [0.1, 0.15) is 0 Å². The first-order valence-electron chi connectivity index (χ1n) is 11.1. The van der Waals surface area contributed by atoms with E-state index < -0.39 is 5.41 Å². The standard InChI is InChI=1S/C24H33NO3/c1-2-28-22(27)23(11-6-10-19-8-4-3-5-9-19)14-16-25(17-15-23)21(26)20-18-24(20)12-7-13-24/h3-5,8-9,20H,2,6-7,10-18H2,1H3. The zero-order valence-corrected chi connectivity index (χ0v) is 17.1. The fourth-order valence-corrected chi connectivity index (χ4v) is 5.37. The molecule has 1 unspecified atom stereocenters. The molecule has 4 rings (SSSR count). The number of nitrogens with zero attached hydrogens (tertiary/aromatic N) is 1. The van der Waals surface area contributed by atoms with E-state index in [9.17, 15) is 9.59 Å². The van der Waals surface area contributed by atoms with E-state index in [2.05, 4.69) is 24.3 Å². The van der Waals surface area contributed by atoms with E-state index in [-0.39, 0.29) is 11.9 Å². The average Bonchev–Trinajstić information content (AvgIpc) is 3.46. The van der Waals surface area contributed by atoms with Gasteiger partial charge in [0.15, 0.2) is 0 Å². The Balaban J connectivity index is 1.34. The number of carbonyl (C=O) groups excluding carboxylic acids is 2. The fourth-order valence-electron chi connectivity index (χ4n) is 5.37. The lowest BCUT2D eigenvalue weighted by molar-refractivity contribution is -0.161. The highest BCUT2D eigenvalue weighted by atomic mass is 16.5. The number of piperidine rings is 1. The molecular weight excluding hydrogens is 350 g/mol. The van der Waals surface area contributed by atoms with Gasteiger partial charge in [0, 0.05) is 19.0 Å². The van der Waals surface area contributed by atoms with Crippen LogP contribution in [0.2, 0.25) is 0 Å². The van der Waals surface area contributed by atoms with Gasteiger partial charge in [0.25, 0.3) is 0 Å². The summed E-state index contributed by atoms with van der Waals surface area (Å²) in [5, 5.41) is 0. The van der Waals surface area contributed by atoms with Crippen LogP contribution in [0.15, 0.2) is 30.3 Å². The molecule has 28 heavy (non-hydrogen) atoms. The highest BCUT2D eigenvalue weighted by molar-refractivity contribution is 5.84. The zero-order valence-electron chi connectivity index (χ0n) is 17.1. The van der Waals surface area contributed by atoms with Crippen LogP contribution in [0.5, 0.6) is 0 Å². The van der Waals surface area contributed by atoms with E-state index >= 15 is 0 Å². The molecule has 3 fully saturated rings. The summed E-state index contributed by atoms with van der Waals surface area (Å²) in [5.41, 5.74) is 1.27. The first-order chi connectivity index (χ1) is 13.6. The summed E-state index contributed by atoms with van der Waals surface area (Å²) in [6.45, 7) is 3.71. The van der Waals surface area contributed by atoms with Gasteiger partial charge in [-0.1, -0.05) is 36.8 Å². The van der Waals surface area contributed by atoms with Crippen LogP contribution in [0.25, 0.3) is 0 Å². The van der Waals surface area contributed by atoms with Crippen molar-refractivity contribution in [2.24, 2.45) is 16.7 Å². The lowest BCUT2D eigenvalue weighted by Crippen LogP contribution is -2.48. The van der Waals surface area contributed by atoms with E-state index in [1.807, 2.05) is 17.9 Å². The number of hydrogen-bond acceptors (Lipinski definition) is 3. The second-order valence-corrected chi connectivity index (χ2v) is 9.14. The molecule has 1 aromatic rings. The Labute approximate surface area is 168 Å². The zero-order chi connectivity index (χ0) is 19.6. The van der Waals surface area contributed by atoms with Crippen LogP contribution >= 0.6 is 0 Å². The lowest BCUT2D eigenvalue weighted by Gasteiger charge is -2.40. The number of benzene rings is 1. The molecule has 0 aromatic heterocycles. The van der Waals surface area contributed by atoms with Crippen molar-refractivity contribution in [1.29, 1.82) is 0 Å². The van der Waals surface area contributed by atoms with Crippen LogP contribution in [0.1, 0.15) is 63.9 Å². The Kier molecular flexibility index (Phi) is 5.48. The van der Waals surface area contributed by atoms with Crippen molar-refractivity contribution in [1.82, 2.24) is 4.90 Å². The molecule has 4 heteroatoms. The van der Waals surface area contributed by atoms with Gasteiger partial charge in [-0.2, -0.15) is 0 Å². The molecule has 152 valence electrons. The van der Waals surface area contributed by atoms with Gasteiger partial charge in [0.2, 0.25) is 5.91 Å². The minimum Gasteiger partial charge on any atom is -0.466 e. The smallest absolute Gasteiger partial charge is 0.312 e. The highest BCUT2D eigenvalue weighted by Crippen LogP contribution is 2.66. The van der Waals surface area contributed by atoms with Crippen LogP contribution in [0, 0.1) is 16.7 Å². The van der Waals surface area contributed by atoms with Crippen molar-refractivity contribution in [3.8, 4) is 0 Å². The highest BCUT2D eigenvalue weighted by Gasteiger charge is 2.62. The molecule has 1 saturated heterocycles. The molecular formula is C24H33NO3. The lowest BCUT2D eigenvalue weighted by atomic mass is 9.74. The topological polar surface area (TPSA) is 46.6 Å². The van der Waals surface area contributed by atoms with E-state index in [1.165, 1.54) is 24.8 Å². The molecule has 3 aliphatic rings. The Bertz CT molecular complexity index is 702. The molecule has 0 bridgehead atoms. The molecule has 1 atom stereocenters. The van der Waals surface area contributed by atoms with Gasteiger partial charge in [0.05, 0.1) is 12.0 Å². The maximum Gasteiger partial charge on any atom is 0.312 e. The summed E-state index contributed by atoms with van der Waals surface area (Å²) in [7, 11) is 0. The largest absolute Gasteiger partial charge is 0.466 e. The number of ether oxygens (including phenoxy) is 1. The Morgan fingerprint density at radius 3 is 2.39 bits per heavy atom. The van der Waals surface area contributed by atoms with Crippen molar-refractivity contribution in [3.63, 3.8) is 0 Å². The Hall–Kier alpha value is -1.84. The molecule has 2 saturated carbocycles. The Morgan fingerprint density at radius 2 is 1.82 bits per heavy atom. The van der Waals surface area contributed by atoms with Gasteiger partial charge < -0.3 is 9.64 Å². The second kappa shape index (κ2) is 7.88. The third kappa shape index (κ3) is 3.70. The third-order valence-corrected chi connectivity index (χ3v) is 7.54. The normalized spacial score (nSPS) is 24.5. The number of likely N-dealkylation sites (tertiary alicyclic amines) is 1. The average molecular weight is 384 g/mol. The summed E-state index contributed by atoms with van der Waals surface area (Å²) < 4.78 is 5.46. The fraction of sp³-hybridized carbons (Fsp3) is 0.667. The minimum absolute atomic E-state index is 0.0583. The number of amides is 1. The number of esters is 1. The van der Waals surface area contributed by atoms with E-state index in [4.69, 9.17) is 4.74 Å². The van der Waals surface area contributed by atoms with Crippen molar-refractivity contribution in [3.05, 3.63) is 35.9 Å². The summed E-state index contributed by atoms with van der Waals surface area (Å²) in [6.07, 6.45) is 9.15. The maximum atomic E-state index is 12.9. The molecule has 1 aliphatic heterocycles.